The first-order valence-corrected chi connectivity index (χ1v) is 10.4. The zero-order chi connectivity index (χ0) is 19.0. The molecule has 2 bridgehead atoms. The maximum atomic E-state index is 12.8. The number of hydrogen-bond donors (Lipinski definition) is 3. The number of fused-ring (bicyclic) bond motifs is 2. The van der Waals surface area contributed by atoms with E-state index in [4.69, 9.17) is 0 Å². The van der Waals surface area contributed by atoms with Crippen molar-refractivity contribution >= 4 is 28.1 Å². The summed E-state index contributed by atoms with van der Waals surface area (Å²) < 4.78 is 0. The Labute approximate surface area is 163 Å². The van der Waals surface area contributed by atoms with Gasteiger partial charge >= 0.3 is 0 Å². The molecule has 1 fully saturated rings. The van der Waals surface area contributed by atoms with Crippen LogP contribution in [0.1, 0.15) is 42.5 Å². The number of aryl methyl sites for hydroxylation is 1. The fourth-order valence-corrected chi connectivity index (χ4v) is 5.24. The zero-order valence-electron chi connectivity index (χ0n) is 15.6. The van der Waals surface area contributed by atoms with E-state index in [1.807, 2.05) is 38.1 Å². The van der Waals surface area contributed by atoms with Crippen molar-refractivity contribution in [2.24, 2.45) is 11.8 Å². The number of carbonyl (C=O) groups is 1. The minimum Gasteiger partial charge on any atom is -0.492 e. The number of carbonyl (C=O) groups excluding carboxylic acids is 1. The van der Waals surface area contributed by atoms with Gasteiger partial charge in [0.05, 0.1) is 10.8 Å². The molecule has 0 aliphatic heterocycles. The van der Waals surface area contributed by atoms with Crippen LogP contribution in [-0.2, 0) is 4.79 Å². The molecule has 1 heterocycles. The van der Waals surface area contributed by atoms with Crippen molar-refractivity contribution < 1.29 is 9.90 Å². The van der Waals surface area contributed by atoms with E-state index >= 15 is 0 Å². The number of rotatable bonds is 6. The molecule has 4 atom stereocenters. The van der Waals surface area contributed by atoms with E-state index in [1.165, 1.54) is 17.8 Å². The zero-order valence-corrected chi connectivity index (χ0v) is 16.4. The first kappa shape index (κ1) is 18.0. The third-order valence-corrected chi connectivity index (χ3v) is 6.76. The number of para-hydroxylation sites is 1. The Morgan fingerprint density at radius 3 is 2.81 bits per heavy atom. The summed E-state index contributed by atoms with van der Waals surface area (Å²) in [5.74, 6) is 0.658. The van der Waals surface area contributed by atoms with Crippen LogP contribution in [0, 0.1) is 18.8 Å². The van der Waals surface area contributed by atoms with Crippen molar-refractivity contribution in [3.63, 3.8) is 0 Å². The summed E-state index contributed by atoms with van der Waals surface area (Å²) in [6.45, 7) is 3.92. The lowest BCUT2D eigenvalue weighted by molar-refractivity contribution is -0.117. The highest BCUT2D eigenvalue weighted by Gasteiger charge is 2.36. The molecule has 0 saturated heterocycles. The number of allylic oxidation sites excluding steroid dienone is 1. The molecule has 1 aromatic carbocycles. The smallest absolute Gasteiger partial charge is 0.232 e. The van der Waals surface area contributed by atoms with Gasteiger partial charge in [-0.05, 0) is 49.7 Å². The van der Waals surface area contributed by atoms with Crippen LogP contribution in [0.5, 0.6) is 5.88 Å². The maximum Gasteiger partial charge on any atom is 0.232 e. The SMILES string of the molecule is CCC(C(=O)Nc1ccccc1C)c1sc(NC2CC3C=CC2C3)nc1O. The molecule has 3 N–H and O–H groups in total. The molecule has 6 heteroatoms. The lowest BCUT2D eigenvalue weighted by atomic mass is 10.0. The molecule has 142 valence electrons. The Bertz CT molecular complexity index is 876. The van der Waals surface area contributed by atoms with E-state index in [1.54, 1.807) is 0 Å². The molecule has 27 heavy (non-hydrogen) atoms. The average Bonchev–Trinajstić information content (AvgIpc) is 3.34. The lowest BCUT2D eigenvalue weighted by Gasteiger charge is -2.18. The second-order valence-electron chi connectivity index (χ2n) is 7.50. The van der Waals surface area contributed by atoms with Gasteiger partial charge < -0.3 is 15.7 Å². The van der Waals surface area contributed by atoms with E-state index in [9.17, 15) is 9.90 Å². The Hall–Kier alpha value is -2.34. The predicted octanol–water partition coefficient (Wildman–Crippen LogP) is 4.67. The van der Waals surface area contributed by atoms with Crippen molar-refractivity contribution in [3.8, 4) is 5.88 Å². The maximum absolute atomic E-state index is 12.8. The van der Waals surface area contributed by atoms with Crippen molar-refractivity contribution in [2.45, 2.75) is 45.1 Å². The summed E-state index contributed by atoms with van der Waals surface area (Å²) in [5, 5.41) is 17.5. The minimum absolute atomic E-state index is 0.0343. The fraction of sp³-hybridized carbons (Fsp3) is 0.429. The normalized spacial score (nSPS) is 24.1. The van der Waals surface area contributed by atoms with E-state index in [2.05, 4.69) is 27.8 Å². The Morgan fingerprint density at radius 1 is 1.33 bits per heavy atom. The monoisotopic (exact) mass is 383 g/mol. The van der Waals surface area contributed by atoms with Gasteiger partial charge in [0.2, 0.25) is 11.8 Å². The van der Waals surface area contributed by atoms with Crippen molar-refractivity contribution in [1.82, 2.24) is 4.98 Å². The van der Waals surface area contributed by atoms with Gasteiger partial charge in [0, 0.05) is 11.7 Å². The highest BCUT2D eigenvalue weighted by Crippen LogP contribution is 2.42. The summed E-state index contributed by atoms with van der Waals surface area (Å²) in [7, 11) is 0. The molecule has 4 unspecified atom stereocenters. The predicted molar refractivity (Wildman–Crippen MR) is 109 cm³/mol. The van der Waals surface area contributed by atoms with Crippen LogP contribution in [-0.4, -0.2) is 22.0 Å². The summed E-state index contributed by atoms with van der Waals surface area (Å²) >= 11 is 1.39. The summed E-state index contributed by atoms with van der Waals surface area (Å²) in [5.41, 5.74) is 1.82. The molecule has 2 aliphatic carbocycles. The van der Waals surface area contributed by atoms with E-state index in [0.717, 1.165) is 17.7 Å². The Morgan fingerprint density at radius 2 is 2.15 bits per heavy atom. The first-order chi connectivity index (χ1) is 13.0. The molecule has 1 saturated carbocycles. The number of nitrogens with one attached hydrogen (secondary N) is 2. The largest absolute Gasteiger partial charge is 0.492 e. The Balaban J connectivity index is 1.49. The van der Waals surface area contributed by atoms with Crippen LogP contribution in [0.3, 0.4) is 0 Å². The number of benzene rings is 1. The molecular formula is C21H25N3O2S. The van der Waals surface area contributed by atoms with Crippen LogP contribution in [0.25, 0.3) is 0 Å². The summed E-state index contributed by atoms with van der Waals surface area (Å²) in [4.78, 5) is 17.8. The number of aromatic nitrogens is 1. The topological polar surface area (TPSA) is 74.2 Å². The van der Waals surface area contributed by atoms with Gasteiger partial charge in [0.1, 0.15) is 0 Å². The van der Waals surface area contributed by atoms with Gasteiger partial charge in [-0.2, -0.15) is 4.98 Å². The molecule has 0 spiro atoms. The van der Waals surface area contributed by atoms with Crippen LogP contribution in [0.2, 0.25) is 0 Å². The quantitative estimate of drug-likeness (QED) is 0.634. The van der Waals surface area contributed by atoms with Gasteiger partial charge in [-0.3, -0.25) is 4.79 Å². The van der Waals surface area contributed by atoms with Crippen LogP contribution in [0.15, 0.2) is 36.4 Å². The van der Waals surface area contributed by atoms with E-state index in [0.29, 0.717) is 34.3 Å². The van der Waals surface area contributed by atoms with Gasteiger partial charge in [-0.25, -0.2) is 0 Å². The third-order valence-electron chi connectivity index (χ3n) is 5.67. The number of nitrogens with zero attached hydrogens (tertiary/aromatic N) is 1. The molecular weight excluding hydrogens is 358 g/mol. The third kappa shape index (κ3) is 3.58. The average molecular weight is 384 g/mol. The van der Waals surface area contributed by atoms with Gasteiger partial charge in [0.25, 0.3) is 0 Å². The van der Waals surface area contributed by atoms with E-state index < -0.39 is 5.92 Å². The van der Waals surface area contributed by atoms with E-state index in [-0.39, 0.29) is 11.8 Å². The number of thiazole rings is 1. The molecule has 4 rings (SSSR count). The highest BCUT2D eigenvalue weighted by molar-refractivity contribution is 7.16. The Kier molecular flexibility index (Phi) is 4.91. The fourth-order valence-electron chi connectivity index (χ4n) is 4.14. The lowest BCUT2D eigenvalue weighted by Crippen LogP contribution is -2.23. The minimum atomic E-state index is -0.419. The van der Waals surface area contributed by atoms with Gasteiger partial charge in [-0.1, -0.05) is 48.6 Å². The number of amides is 1. The van der Waals surface area contributed by atoms with Crippen LogP contribution >= 0.6 is 11.3 Å². The van der Waals surface area contributed by atoms with Gasteiger partial charge in [-0.15, -0.1) is 0 Å². The first-order valence-electron chi connectivity index (χ1n) is 9.56. The molecule has 1 aromatic heterocycles. The highest BCUT2D eigenvalue weighted by atomic mass is 32.1. The summed E-state index contributed by atoms with van der Waals surface area (Å²) in [6, 6.07) is 8.08. The molecule has 2 aromatic rings. The summed E-state index contributed by atoms with van der Waals surface area (Å²) in [6.07, 6.45) is 7.51. The van der Waals surface area contributed by atoms with Crippen molar-refractivity contribution in [2.75, 3.05) is 10.6 Å². The second-order valence-corrected chi connectivity index (χ2v) is 8.53. The number of anilines is 2. The van der Waals surface area contributed by atoms with Crippen LogP contribution in [0.4, 0.5) is 10.8 Å². The van der Waals surface area contributed by atoms with Crippen LogP contribution < -0.4 is 10.6 Å². The molecule has 2 aliphatic rings. The number of aromatic hydroxyl groups is 1. The number of hydrogen-bond acceptors (Lipinski definition) is 5. The molecule has 0 radical (unpaired) electrons. The molecule has 5 nitrogen and oxygen atoms in total. The second kappa shape index (κ2) is 7.35. The molecule has 1 amide bonds. The van der Waals surface area contributed by atoms with Crippen molar-refractivity contribution in [1.29, 1.82) is 0 Å². The van der Waals surface area contributed by atoms with Crippen molar-refractivity contribution in [3.05, 3.63) is 46.9 Å². The van der Waals surface area contributed by atoms with Gasteiger partial charge in [0.15, 0.2) is 5.13 Å². The standard InChI is InChI=1S/C21H25N3O2S/c1-3-15(19(25)22-16-7-5-4-6-12(16)2)18-20(26)24-21(27-18)23-17-11-13-8-9-14(17)10-13/h4-9,13-15,17,26H,3,10-11H2,1-2H3,(H,22,25)(H,23,24).